The van der Waals surface area contributed by atoms with Gasteiger partial charge in [0.2, 0.25) is 0 Å². The van der Waals surface area contributed by atoms with E-state index in [-0.39, 0.29) is 5.69 Å². The molecule has 116 valence electrons. The van der Waals surface area contributed by atoms with Gasteiger partial charge in [0.15, 0.2) is 0 Å². The highest BCUT2D eigenvalue weighted by atomic mass is 19.4. The topological polar surface area (TPSA) is 48.4 Å². The van der Waals surface area contributed by atoms with Crippen molar-refractivity contribution in [3.8, 4) is 0 Å². The second-order valence-corrected chi connectivity index (χ2v) is 4.18. The fourth-order valence-electron chi connectivity index (χ4n) is 1.63. The summed E-state index contributed by atoms with van der Waals surface area (Å²) in [6.07, 6.45) is -1.12. The van der Waals surface area contributed by atoms with E-state index in [1.54, 1.807) is 0 Å². The molecule has 0 aliphatic heterocycles. The summed E-state index contributed by atoms with van der Waals surface area (Å²) in [6.45, 7) is 0.415. The molecule has 0 fully saturated rings. The summed E-state index contributed by atoms with van der Waals surface area (Å²) in [6, 6.07) is 2.17. The molecule has 0 saturated carbocycles. The van der Waals surface area contributed by atoms with Gasteiger partial charge in [-0.2, -0.15) is 13.2 Å². The molecule has 0 N–H and O–H groups in total. The Morgan fingerprint density at radius 3 is 2.62 bits per heavy atom. The fraction of sp³-hybridized carbons (Fsp3) is 0.429. The molecule has 0 aliphatic carbocycles. The normalized spacial score (nSPS) is 11.9. The quantitative estimate of drug-likeness (QED) is 0.460. The van der Waals surface area contributed by atoms with Crippen LogP contribution < -0.4 is 0 Å². The van der Waals surface area contributed by atoms with E-state index in [0.29, 0.717) is 25.0 Å². The van der Waals surface area contributed by atoms with Gasteiger partial charge in [0.1, 0.15) is 5.69 Å². The van der Waals surface area contributed by atoms with Crippen LogP contribution in [-0.2, 0) is 26.9 Å². The number of carbonyl (C=O) groups excluding carboxylic acids is 1. The number of alkyl halides is 3. The highest BCUT2D eigenvalue weighted by molar-refractivity contribution is 5.87. The van der Waals surface area contributed by atoms with Crippen LogP contribution in [0.25, 0.3) is 6.08 Å². The first-order valence-electron chi connectivity index (χ1n) is 6.20. The standard InChI is InChI=1S/C14H16F3NO3/c1-20-9-3-4-11-10(6-8-13(19)21-2)5-7-12(18-11)14(15,16)17/h5-8H,3-4,9H2,1-2H3. The van der Waals surface area contributed by atoms with Gasteiger partial charge in [0.05, 0.1) is 7.11 Å². The first kappa shape index (κ1) is 17.2. The van der Waals surface area contributed by atoms with Gasteiger partial charge in [0, 0.05) is 25.5 Å². The van der Waals surface area contributed by atoms with Crippen LogP contribution in [0.15, 0.2) is 18.2 Å². The molecule has 0 saturated heterocycles. The van der Waals surface area contributed by atoms with Gasteiger partial charge in [-0.25, -0.2) is 9.78 Å². The summed E-state index contributed by atoms with van der Waals surface area (Å²) in [5.74, 6) is -0.585. The first-order chi connectivity index (χ1) is 9.88. The zero-order valence-corrected chi connectivity index (χ0v) is 11.7. The molecule has 7 heteroatoms. The van der Waals surface area contributed by atoms with Crippen molar-refractivity contribution in [1.29, 1.82) is 0 Å². The predicted molar refractivity (Wildman–Crippen MR) is 70.5 cm³/mol. The van der Waals surface area contributed by atoms with Gasteiger partial charge in [-0.1, -0.05) is 6.07 Å². The van der Waals surface area contributed by atoms with Gasteiger partial charge < -0.3 is 9.47 Å². The monoisotopic (exact) mass is 303 g/mol. The maximum atomic E-state index is 12.7. The minimum Gasteiger partial charge on any atom is -0.466 e. The smallest absolute Gasteiger partial charge is 0.433 e. The zero-order valence-electron chi connectivity index (χ0n) is 11.7. The van der Waals surface area contributed by atoms with E-state index in [4.69, 9.17) is 4.74 Å². The van der Waals surface area contributed by atoms with E-state index < -0.39 is 17.8 Å². The van der Waals surface area contributed by atoms with Gasteiger partial charge >= 0.3 is 12.1 Å². The van der Waals surface area contributed by atoms with E-state index in [9.17, 15) is 18.0 Å². The number of pyridine rings is 1. The molecule has 0 unspecified atom stereocenters. The number of ether oxygens (including phenoxy) is 2. The molecule has 1 heterocycles. The molecule has 0 aromatic carbocycles. The Hall–Kier alpha value is -1.89. The largest absolute Gasteiger partial charge is 0.466 e. The van der Waals surface area contributed by atoms with Crippen molar-refractivity contribution < 1.29 is 27.4 Å². The highest BCUT2D eigenvalue weighted by Gasteiger charge is 2.32. The number of hydrogen-bond donors (Lipinski definition) is 0. The second-order valence-electron chi connectivity index (χ2n) is 4.18. The number of nitrogens with zero attached hydrogens (tertiary/aromatic N) is 1. The third-order valence-electron chi connectivity index (χ3n) is 2.66. The van der Waals surface area contributed by atoms with Crippen molar-refractivity contribution in [3.63, 3.8) is 0 Å². The maximum absolute atomic E-state index is 12.7. The van der Waals surface area contributed by atoms with Gasteiger partial charge in [-0.05, 0) is 30.5 Å². The van der Waals surface area contributed by atoms with Crippen LogP contribution in [0.5, 0.6) is 0 Å². The van der Waals surface area contributed by atoms with Crippen molar-refractivity contribution in [3.05, 3.63) is 35.2 Å². The lowest BCUT2D eigenvalue weighted by Gasteiger charge is -2.10. The molecule has 4 nitrogen and oxygen atoms in total. The van der Waals surface area contributed by atoms with E-state index in [1.807, 2.05) is 0 Å². The van der Waals surface area contributed by atoms with Gasteiger partial charge in [-0.3, -0.25) is 0 Å². The zero-order chi connectivity index (χ0) is 15.9. The van der Waals surface area contributed by atoms with Crippen LogP contribution in [0.4, 0.5) is 13.2 Å². The SMILES string of the molecule is COCCCc1nc(C(F)(F)F)ccc1C=CC(=O)OC. The van der Waals surface area contributed by atoms with E-state index in [2.05, 4.69) is 9.72 Å². The Morgan fingerprint density at radius 1 is 1.33 bits per heavy atom. The van der Waals surface area contributed by atoms with Crippen molar-refractivity contribution in [2.24, 2.45) is 0 Å². The number of aromatic nitrogens is 1. The number of carbonyl (C=O) groups is 1. The van der Waals surface area contributed by atoms with Crippen molar-refractivity contribution in [1.82, 2.24) is 4.98 Å². The number of methoxy groups -OCH3 is 2. The first-order valence-corrected chi connectivity index (χ1v) is 6.20. The number of aryl methyl sites for hydroxylation is 1. The van der Waals surface area contributed by atoms with Crippen LogP contribution >= 0.6 is 0 Å². The van der Waals surface area contributed by atoms with Crippen LogP contribution in [-0.4, -0.2) is 31.8 Å². The Morgan fingerprint density at radius 2 is 2.05 bits per heavy atom. The predicted octanol–water partition coefficient (Wildman–Crippen LogP) is 2.87. The molecular weight excluding hydrogens is 287 g/mol. The number of rotatable bonds is 6. The minimum absolute atomic E-state index is 0.266. The van der Waals surface area contributed by atoms with E-state index >= 15 is 0 Å². The Labute approximate surface area is 120 Å². The van der Waals surface area contributed by atoms with Crippen LogP contribution in [0, 0.1) is 0 Å². The lowest BCUT2D eigenvalue weighted by atomic mass is 10.1. The van der Waals surface area contributed by atoms with Crippen LogP contribution in [0.3, 0.4) is 0 Å². The molecule has 1 aromatic rings. The third kappa shape index (κ3) is 5.55. The lowest BCUT2D eigenvalue weighted by Crippen LogP contribution is -2.11. The van der Waals surface area contributed by atoms with Crippen molar-refractivity contribution in [2.45, 2.75) is 19.0 Å². The van der Waals surface area contributed by atoms with Crippen molar-refractivity contribution >= 4 is 12.0 Å². The summed E-state index contributed by atoms with van der Waals surface area (Å²) in [5.41, 5.74) is -0.239. The Bertz CT molecular complexity index is 513. The number of hydrogen-bond acceptors (Lipinski definition) is 4. The summed E-state index contributed by atoms with van der Waals surface area (Å²) < 4.78 is 47.3. The lowest BCUT2D eigenvalue weighted by molar-refractivity contribution is -0.141. The average Bonchev–Trinajstić information content (AvgIpc) is 2.44. The fourth-order valence-corrected chi connectivity index (χ4v) is 1.63. The molecule has 0 amide bonds. The molecule has 0 atom stereocenters. The molecule has 1 aromatic heterocycles. The molecule has 0 bridgehead atoms. The summed E-state index contributed by atoms with van der Waals surface area (Å²) >= 11 is 0. The molecule has 0 aliphatic rings. The highest BCUT2D eigenvalue weighted by Crippen LogP contribution is 2.28. The summed E-state index contributed by atoms with van der Waals surface area (Å²) in [5, 5.41) is 0. The van der Waals surface area contributed by atoms with E-state index in [0.717, 1.165) is 12.1 Å². The Balaban J connectivity index is 3.04. The summed E-state index contributed by atoms with van der Waals surface area (Å²) in [4.78, 5) is 14.7. The third-order valence-corrected chi connectivity index (χ3v) is 2.66. The minimum atomic E-state index is -4.50. The Kier molecular flexibility index (Phi) is 6.36. The summed E-state index contributed by atoms with van der Waals surface area (Å²) in [7, 11) is 2.73. The molecular formula is C14H16F3NO3. The molecule has 0 radical (unpaired) electrons. The second kappa shape index (κ2) is 7.78. The van der Waals surface area contributed by atoms with E-state index in [1.165, 1.54) is 26.4 Å². The van der Waals surface area contributed by atoms with Crippen LogP contribution in [0.2, 0.25) is 0 Å². The molecule has 1 rings (SSSR count). The maximum Gasteiger partial charge on any atom is 0.433 e. The van der Waals surface area contributed by atoms with Gasteiger partial charge in [0.25, 0.3) is 0 Å². The number of esters is 1. The van der Waals surface area contributed by atoms with Crippen LogP contribution in [0.1, 0.15) is 23.4 Å². The number of halogens is 3. The molecule has 0 spiro atoms. The van der Waals surface area contributed by atoms with Crippen molar-refractivity contribution in [2.75, 3.05) is 20.8 Å². The average molecular weight is 303 g/mol. The van der Waals surface area contributed by atoms with Gasteiger partial charge in [-0.15, -0.1) is 0 Å². The molecule has 21 heavy (non-hydrogen) atoms.